The molecule has 8 nitrogen and oxygen atoms in total. The van der Waals surface area contributed by atoms with Gasteiger partial charge < -0.3 is 4.98 Å². The zero-order valence-corrected chi connectivity index (χ0v) is 15.5. The van der Waals surface area contributed by atoms with E-state index in [0.29, 0.717) is 16.7 Å². The molecular weight excluding hydrogens is 411 g/mol. The molecule has 150 valence electrons. The lowest BCUT2D eigenvalue weighted by molar-refractivity contribution is 0.453. The average molecular weight is 423 g/mol. The highest BCUT2D eigenvalue weighted by Crippen LogP contribution is 2.26. The van der Waals surface area contributed by atoms with E-state index in [0.717, 1.165) is 4.57 Å². The number of nitrogens with two attached hydrogens (primary N) is 1. The number of fused-ring (bicyclic) bond motifs is 3. The lowest BCUT2D eigenvalue weighted by Crippen LogP contribution is -2.21. The number of benzene rings is 1. The van der Waals surface area contributed by atoms with Crippen LogP contribution >= 0.6 is 0 Å². The Kier molecular flexibility index (Phi) is 4.20. The van der Waals surface area contributed by atoms with Crippen molar-refractivity contribution in [2.45, 2.75) is 18.4 Å². The summed E-state index contributed by atoms with van der Waals surface area (Å²) in [5.41, 5.74) is -0.0150. The summed E-state index contributed by atoms with van der Waals surface area (Å²) < 4.78 is 66.7. The highest BCUT2D eigenvalue weighted by Gasteiger charge is 2.26. The number of pyridine rings is 2. The number of hydrogen-bond acceptors (Lipinski definition) is 5. The molecule has 4 aromatic rings. The molecule has 0 aliphatic carbocycles. The van der Waals surface area contributed by atoms with E-state index in [1.807, 2.05) is 0 Å². The number of aromatic amines is 1. The van der Waals surface area contributed by atoms with Crippen LogP contribution in [-0.4, -0.2) is 27.9 Å². The zero-order valence-electron chi connectivity index (χ0n) is 14.7. The van der Waals surface area contributed by atoms with Crippen molar-refractivity contribution in [2.24, 2.45) is 5.14 Å². The Labute approximate surface area is 160 Å². The fraction of sp³-hybridized carbons (Fsp3) is 0.118. The molecule has 0 atom stereocenters. The molecule has 0 radical (unpaired) electrons. The molecule has 3 aromatic heterocycles. The van der Waals surface area contributed by atoms with E-state index in [1.165, 1.54) is 6.20 Å². The summed E-state index contributed by atoms with van der Waals surface area (Å²) in [6.07, 6.45) is 1.35. The zero-order chi connectivity index (χ0) is 21.1. The second-order valence-electron chi connectivity index (χ2n) is 6.37. The monoisotopic (exact) mass is 423 g/mol. The minimum absolute atomic E-state index is 0.266. The summed E-state index contributed by atoms with van der Waals surface area (Å²) in [6.45, 7) is 1.04. The fourth-order valence-electron chi connectivity index (χ4n) is 3.10. The fourth-order valence-corrected chi connectivity index (χ4v) is 3.70. The van der Waals surface area contributed by atoms with Crippen LogP contribution in [0.15, 0.2) is 34.1 Å². The Balaban J connectivity index is 1.97. The number of primary sulfonamides is 1. The van der Waals surface area contributed by atoms with Crippen LogP contribution in [0.1, 0.15) is 11.3 Å². The van der Waals surface area contributed by atoms with Gasteiger partial charge in [0.1, 0.15) is 10.7 Å². The van der Waals surface area contributed by atoms with Crippen LogP contribution in [0.25, 0.3) is 22.1 Å². The van der Waals surface area contributed by atoms with Crippen LogP contribution in [0.4, 0.5) is 13.2 Å². The molecule has 0 fully saturated rings. The maximum absolute atomic E-state index is 14.5. The third-order valence-electron chi connectivity index (χ3n) is 4.44. The first-order chi connectivity index (χ1) is 13.6. The van der Waals surface area contributed by atoms with Gasteiger partial charge in [-0.05, 0) is 25.1 Å². The van der Waals surface area contributed by atoms with Crippen molar-refractivity contribution in [3.8, 4) is 0 Å². The minimum Gasteiger partial charge on any atom is -0.304 e. The van der Waals surface area contributed by atoms with E-state index in [2.05, 4.69) is 15.0 Å². The number of nitrogens with one attached hydrogen (secondary N) is 1. The molecule has 4 rings (SSSR count). The molecule has 0 amide bonds. The first kappa shape index (κ1) is 19.1. The molecule has 0 aliphatic heterocycles. The second kappa shape index (κ2) is 6.39. The summed E-state index contributed by atoms with van der Waals surface area (Å²) in [5, 5.41) is 5.22. The summed E-state index contributed by atoms with van der Waals surface area (Å²) in [5.74, 6) is -4.93. The number of hydrogen-bond donors (Lipinski definition) is 2. The molecule has 12 heteroatoms. The van der Waals surface area contributed by atoms with Gasteiger partial charge in [0.05, 0.1) is 23.8 Å². The standard InChI is InChI=1S/C17H12F3N5O3S/c1-7-2-3-8-15-11(5-22-16(8)23-7)24-17(26)25(15)6-9-10(18)4-12(29(21,27)28)14(20)13(9)19/h2-5H,6H2,1H3,(H,24,26)(H2,21,27,28). The van der Waals surface area contributed by atoms with Crippen molar-refractivity contribution in [1.82, 2.24) is 19.5 Å². The van der Waals surface area contributed by atoms with Crippen LogP contribution in [0.2, 0.25) is 0 Å². The van der Waals surface area contributed by atoms with E-state index < -0.39 is 50.2 Å². The number of halogens is 3. The highest BCUT2D eigenvalue weighted by molar-refractivity contribution is 7.89. The van der Waals surface area contributed by atoms with Crippen molar-refractivity contribution in [1.29, 1.82) is 0 Å². The maximum Gasteiger partial charge on any atom is 0.326 e. The van der Waals surface area contributed by atoms with E-state index in [-0.39, 0.29) is 17.1 Å². The van der Waals surface area contributed by atoms with E-state index in [4.69, 9.17) is 5.14 Å². The van der Waals surface area contributed by atoms with Crippen molar-refractivity contribution in [3.63, 3.8) is 0 Å². The van der Waals surface area contributed by atoms with Gasteiger partial charge in [0, 0.05) is 16.6 Å². The van der Waals surface area contributed by atoms with Crippen molar-refractivity contribution in [3.05, 3.63) is 63.6 Å². The normalized spacial score (nSPS) is 12.2. The third-order valence-corrected chi connectivity index (χ3v) is 5.35. The predicted molar refractivity (Wildman–Crippen MR) is 97.2 cm³/mol. The Hall–Kier alpha value is -3.25. The SMILES string of the molecule is Cc1ccc2c(ncc3[nH]c(=O)n(Cc4c(F)cc(S(N)(=O)=O)c(F)c4F)c32)n1. The molecule has 0 bridgehead atoms. The highest BCUT2D eigenvalue weighted by atomic mass is 32.2. The number of H-pyrrole nitrogens is 1. The molecule has 0 saturated heterocycles. The summed E-state index contributed by atoms with van der Waals surface area (Å²) in [6, 6.07) is 3.61. The lowest BCUT2D eigenvalue weighted by Gasteiger charge is -2.11. The molecule has 0 saturated carbocycles. The van der Waals surface area contributed by atoms with Gasteiger partial charge in [0.15, 0.2) is 17.3 Å². The number of nitrogens with zero attached hydrogens (tertiary/aromatic N) is 3. The van der Waals surface area contributed by atoms with Crippen LogP contribution in [0.3, 0.4) is 0 Å². The number of sulfonamides is 1. The number of rotatable bonds is 3. The van der Waals surface area contributed by atoms with Gasteiger partial charge in [0.25, 0.3) is 0 Å². The number of imidazole rings is 1. The van der Waals surface area contributed by atoms with Crippen LogP contribution in [0.5, 0.6) is 0 Å². The molecule has 3 heterocycles. The van der Waals surface area contributed by atoms with Gasteiger partial charge in [-0.3, -0.25) is 4.57 Å². The molecule has 3 N–H and O–H groups in total. The van der Waals surface area contributed by atoms with E-state index in [1.54, 1.807) is 19.1 Å². The van der Waals surface area contributed by atoms with Gasteiger partial charge in [0.2, 0.25) is 10.0 Å². The van der Waals surface area contributed by atoms with Crippen LogP contribution < -0.4 is 10.8 Å². The van der Waals surface area contributed by atoms with E-state index in [9.17, 15) is 26.4 Å². The molecule has 1 aromatic carbocycles. The summed E-state index contributed by atoms with van der Waals surface area (Å²) in [7, 11) is -4.68. The summed E-state index contributed by atoms with van der Waals surface area (Å²) in [4.78, 5) is 22.0. The smallest absolute Gasteiger partial charge is 0.304 e. The molecular formula is C17H12F3N5O3S. The first-order valence-electron chi connectivity index (χ1n) is 8.12. The topological polar surface area (TPSA) is 124 Å². The molecule has 0 aliphatic rings. The van der Waals surface area contributed by atoms with Gasteiger partial charge in [-0.25, -0.2) is 41.5 Å². The largest absolute Gasteiger partial charge is 0.326 e. The van der Waals surface area contributed by atoms with Gasteiger partial charge in [-0.2, -0.15) is 0 Å². The molecule has 0 spiro atoms. The Bertz CT molecular complexity index is 1480. The Morgan fingerprint density at radius 1 is 1.21 bits per heavy atom. The van der Waals surface area contributed by atoms with Crippen LogP contribution in [-0.2, 0) is 16.6 Å². The van der Waals surface area contributed by atoms with E-state index >= 15 is 0 Å². The minimum atomic E-state index is -4.68. The Morgan fingerprint density at radius 3 is 2.62 bits per heavy atom. The molecule has 0 unspecified atom stereocenters. The van der Waals surface area contributed by atoms with Crippen molar-refractivity contribution in [2.75, 3.05) is 0 Å². The van der Waals surface area contributed by atoms with Gasteiger partial charge >= 0.3 is 5.69 Å². The predicted octanol–water partition coefficient (Wildman–Crippen LogP) is 1.69. The summed E-state index contributed by atoms with van der Waals surface area (Å²) >= 11 is 0. The average Bonchev–Trinajstić information content (AvgIpc) is 2.96. The van der Waals surface area contributed by atoms with Crippen LogP contribution in [0, 0.1) is 24.4 Å². The number of aromatic nitrogens is 4. The van der Waals surface area contributed by atoms with Gasteiger partial charge in [-0.1, -0.05) is 0 Å². The quantitative estimate of drug-likeness (QED) is 0.486. The van der Waals surface area contributed by atoms with Crippen molar-refractivity contribution < 1.29 is 21.6 Å². The lowest BCUT2D eigenvalue weighted by atomic mass is 10.1. The first-order valence-corrected chi connectivity index (χ1v) is 9.66. The Morgan fingerprint density at radius 2 is 1.93 bits per heavy atom. The molecule has 29 heavy (non-hydrogen) atoms. The third kappa shape index (κ3) is 3.06. The maximum atomic E-state index is 14.5. The van der Waals surface area contributed by atoms with Crippen molar-refractivity contribution >= 4 is 32.1 Å². The second-order valence-corrected chi connectivity index (χ2v) is 7.90. The van der Waals surface area contributed by atoms with Gasteiger partial charge in [-0.15, -0.1) is 0 Å². The number of aryl methyl sites for hydroxylation is 1.